The lowest BCUT2D eigenvalue weighted by Crippen LogP contribution is -2.09. The van der Waals surface area contributed by atoms with Crippen LogP contribution < -0.4 is 0 Å². The number of esters is 1. The maximum atomic E-state index is 12.7. The lowest BCUT2D eigenvalue weighted by Gasteiger charge is -1.99. The van der Waals surface area contributed by atoms with Crippen molar-refractivity contribution in [1.29, 1.82) is 0 Å². The van der Waals surface area contributed by atoms with Gasteiger partial charge in [0.1, 0.15) is 6.33 Å². The van der Waals surface area contributed by atoms with E-state index in [4.69, 9.17) is 0 Å². The van der Waals surface area contributed by atoms with E-state index in [0.29, 0.717) is 0 Å². The summed E-state index contributed by atoms with van der Waals surface area (Å²) in [5, 5.41) is 0. The minimum atomic E-state index is -0.768. The third-order valence-corrected chi connectivity index (χ3v) is 1.14. The smallest absolute Gasteiger partial charge is 0.360 e. The standard InChI is InChI=1S/C7H7FN2O2/c1-2-12-7(11)6-5(8)3-9-4-10-6/h3-4H,2H2,1H3. The summed E-state index contributed by atoms with van der Waals surface area (Å²) in [5.41, 5.74) is -0.327. The maximum Gasteiger partial charge on any atom is 0.360 e. The van der Waals surface area contributed by atoms with Crippen molar-refractivity contribution < 1.29 is 13.9 Å². The van der Waals surface area contributed by atoms with Crippen LogP contribution in [0.25, 0.3) is 0 Å². The molecule has 0 fully saturated rings. The summed E-state index contributed by atoms with van der Waals surface area (Å²) >= 11 is 0. The second-order valence-electron chi connectivity index (χ2n) is 1.94. The van der Waals surface area contributed by atoms with Crippen LogP contribution in [0.15, 0.2) is 12.5 Å². The van der Waals surface area contributed by atoms with Crippen LogP contribution in [-0.4, -0.2) is 22.5 Å². The van der Waals surface area contributed by atoms with Crippen LogP contribution in [0.3, 0.4) is 0 Å². The molecule has 0 saturated heterocycles. The maximum absolute atomic E-state index is 12.7. The predicted molar refractivity (Wildman–Crippen MR) is 37.9 cm³/mol. The van der Waals surface area contributed by atoms with E-state index in [0.717, 1.165) is 12.5 Å². The Kier molecular flexibility index (Phi) is 2.68. The molecule has 0 aliphatic rings. The van der Waals surface area contributed by atoms with E-state index in [-0.39, 0.29) is 12.3 Å². The summed E-state index contributed by atoms with van der Waals surface area (Å²) in [5.74, 6) is -1.53. The molecule has 0 unspecified atom stereocenters. The van der Waals surface area contributed by atoms with Crippen LogP contribution in [0.4, 0.5) is 4.39 Å². The fraction of sp³-hybridized carbons (Fsp3) is 0.286. The minimum Gasteiger partial charge on any atom is -0.461 e. The molecule has 0 aliphatic heterocycles. The molecule has 0 saturated carbocycles. The number of hydrogen-bond acceptors (Lipinski definition) is 4. The number of ether oxygens (including phenoxy) is 1. The third-order valence-electron chi connectivity index (χ3n) is 1.14. The molecule has 0 spiro atoms. The van der Waals surface area contributed by atoms with Crippen molar-refractivity contribution >= 4 is 5.97 Å². The molecule has 1 heterocycles. The first-order valence-corrected chi connectivity index (χ1v) is 3.38. The van der Waals surface area contributed by atoms with Crippen LogP contribution >= 0.6 is 0 Å². The van der Waals surface area contributed by atoms with Gasteiger partial charge in [-0.3, -0.25) is 0 Å². The summed E-state index contributed by atoms with van der Waals surface area (Å²) < 4.78 is 17.3. The van der Waals surface area contributed by atoms with Crippen molar-refractivity contribution in [2.75, 3.05) is 6.61 Å². The summed E-state index contributed by atoms with van der Waals surface area (Å²) in [6.07, 6.45) is 2.01. The van der Waals surface area contributed by atoms with Crippen LogP contribution in [0.2, 0.25) is 0 Å². The van der Waals surface area contributed by atoms with E-state index < -0.39 is 11.8 Å². The normalized spacial score (nSPS) is 9.50. The molecule has 1 aromatic heterocycles. The molecule has 5 heteroatoms. The molecule has 12 heavy (non-hydrogen) atoms. The molecule has 0 aromatic carbocycles. The zero-order valence-electron chi connectivity index (χ0n) is 6.45. The van der Waals surface area contributed by atoms with E-state index in [1.165, 1.54) is 0 Å². The number of carbonyl (C=O) groups excluding carboxylic acids is 1. The van der Waals surface area contributed by atoms with E-state index >= 15 is 0 Å². The fourth-order valence-electron chi connectivity index (χ4n) is 0.662. The van der Waals surface area contributed by atoms with Crippen LogP contribution in [0.1, 0.15) is 17.4 Å². The van der Waals surface area contributed by atoms with Gasteiger partial charge in [0.15, 0.2) is 11.5 Å². The molecule has 0 amide bonds. The SMILES string of the molecule is CCOC(=O)c1ncncc1F. The van der Waals surface area contributed by atoms with Gasteiger partial charge in [-0.15, -0.1) is 0 Å². The molecule has 4 nitrogen and oxygen atoms in total. The van der Waals surface area contributed by atoms with Crippen molar-refractivity contribution in [3.8, 4) is 0 Å². The summed E-state index contributed by atoms with van der Waals surface area (Å²) in [6.45, 7) is 1.83. The second-order valence-corrected chi connectivity index (χ2v) is 1.94. The topological polar surface area (TPSA) is 52.1 Å². The number of aromatic nitrogens is 2. The molecule has 0 bridgehead atoms. The molecule has 0 radical (unpaired) electrons. The highest BCUT2D eigenvalue weighted by molar-refractivity contribution is 5.87. The average molecular weight is 170 g/mol. The monoisotopic (exact) mass is 170 g/mol. The molecular weight excluding hydrogens is 163 g/mol. The van der Waals surface area contributed by atoms with Gasteiger partial charge in [-0.2, -0.15) is 0 Å². The Morgan fingerprint density at radius 3 is 3.08 bits per heavy atom. The third kappa shape index (κ3) is 1.75. The Hall–Kier alpha value is -1.52. The lowest BCUT2D eigenvalue weighted by molar-refractivity contribution is 0.0513. The highest BCUT2D eigenvalue weighted by atomic mass is 19.1. The van der Waals surface area contributed by atoms with Gasteiger partial charge >= 0.3 is 5.97 Å². The Morgan fingerprint density at radius 1 is 1.75 bits per heavy atom. The Bertz CT molecular complexity index is 290. The molecule has 0 atom stereocenters. The minimum absolute atomic E-state index is 0.197. The lowest BCUT2D eigenvalue weighted by atomic mass is 10.4. The number of hydrogen-bond donors (Lipinski definition) is 0. The van der Waals surface area contributed by atoms with Crippen molar-refractivity contribution in [2.24, 2.45) is 0 Å². The molecule has 64 valence electrons. The highest BCUT2D eigenvalue weighted by Crippen LogP contribution is 2.01. The van der Waals surface area contributed by atoms with Gasteiger partial charge in [-0.1, -0.05) is 0 Å². The van der Waals surface area contributed by atoms with Crippen LogP contribution in [0.5, 0.6) is 0 Å². The van der Waals surface area contributed by atoms with Gasteiger partial charge in [0.05, 0.1) is 12.8 Å². The number of carbonyl (C=O) groups is 1. The van der Waals surface area contributed by atoms with Gasteiger partial charge in [0.25, 0.3) is 0 Å². The first-order valence-electron chi connectivity index (χ1n) is 3.38. The number of halogens is 1. The predicted octanol–water partition coefficient (Wildman–Crippen LogP) is 0.792. The van der Waals surface area contributed by atoms with Crippen LogP contribution in [0, 0.1) is 5.82 Å². The molecule has 1 aromatic rings. The fourth-order valence-corrected chi connectivity index (χ4v) is 0.662. The van der Waals surface area contributed by atoms with Gasteiger partial charge in [-0.05, 0) is 6.92 Å². The number of rotatable bonds is 2. The molecular formula is C7H7FN2O2. The van der Waals surface area contributed by atoms with Crippen molar-refractivity contribution in [1.82, 2.24) is 9.97 Å². The second kappa shape index (κ2) is 3.75. The first kappa shape index (κ1) is 8.58. The van der Waals surface area contributed by atoms with Gasteiger partial charge in [0, 0.05) is 0 Å². The molecule has 0 aliphatic carbocycles. The Morgan fingerprint density at radius 2 is 2.50 bits per heavy atom. The van der Waals surface area contributed by atoms with Crippen molar-refractivity contribution in [3.63, 3.8) is 0 Å². The summed E-state index contributed by atoms with van der Waals surface area (Å²) in [6, 6.07) is 0. The summed E-state index contributed by atoms with van der Waals surface area (Å²) in [4.78, 5) is 17.7. The average Bonchev–Trinajstić information content (AvgIpc) is 2.05. The highest BCUT2D eigenvalue weighted by Gasteiger charge is 2.13. The Balaban J connectivity index is 2.87. The van der Waals surface area contributed by atoms with Gasteiger partial charge in [0.2, 0.25) is 0 Å². The van der Waals surface area contributed by atoms with Crippen LogP contribution in [-0.2, 0) is 4.74 Å². The quantitative estimate of drug-likeness (QED) is 0.616. The zero-order chi connectivity index (χ0) is 8.97. The molecule has 1 rings (SSSR count). The number of nitrogens with zero attached hydrogens (tertiary/aromatic N) is 2. The van der Waals surface area contributed by atoms with E-state index in [1.807, 2.05) is 0 Å². The summed E-state index contributed by atoms with van der Waals surface area (Å²) in [7, 11) is 0. The first-order chi connectivity index (χ1) is 5.75. The zero-order valence-corrected chi connectivity index (χ0v) is 6.45. The van der Waals surface area contributed by atoms with Crippen molar-refractivity contribution in [2.45, 2.75) is 6.92 Å². The van der Waals surface area contributed by atoms with E-state index in [9.17, 15) is 9.18 Å². The van der Waals surface area contributed by atoms with Gasteiger partial charge < -0.3 is 4.74 Å². The molecule has 0 N–H and O–H groups in total. The van der Waals surface area contributed by atoms with Gasteiger partial charge in [-0.25, -0.2) is 19.2 Å². The largest absolute Gasteiger partial charge is 0.461 e. The van der Waals surface area contributed by atoms with E-state index in [2.05, 4.69) is 14.7 Å². The Labute approximate surface area is 68.4 Å². The van der Waals surface area contributed by atoms with Crippen molar-refractivity contribution in [3.05, 3.63) is 24.0 Å². The van der Waals surface area contributed by atoms with E-state index in [1.54, 1.807) is 6.92 Å².